The number of nitrogens with zero attached hydrogens (tertiary/aromatic N) is 6. The topological polar surface area (TPSA) is 137 Å². The van der Waals surface area contributed by atoms with Crippen LogP contribution in [0.3, 0.4) is 0 Å². The van der Waals surface area contributed by atoms with Crippen molar-refractivity contribution in [3.63, 3.8) is 0 Å². The van der Waals surface area contributed by atoms with Gasteiger partial charge in [0.25, 0.3) is 17.7 Å². The fourth-order valence-electron chi connectivity index (χ4n) is 6.85. The van der Waals surface area contributed by atoms with Crippen LogP contribution in [-0.2, 0) is 30.5 Å². The normalized spacial score (nSPS) is 15.5. The van der Waals surface area contributed by atoms with E-state index in [0.29, 0.717) is 11.4 Å². The zero-order valence-electron chi connectivity index (χ0n) is 28.9. The first-order chi connectivity index (χ1) is 25.6. The Morgan fingerprint density at radius 3 is 1.58 bits per heavy atom. The van der Waals surface area contributed by atoms with Gasteiger partial charge in [0.05, 0.1) is 17.7 Å². The molecule has 2 fully saturated rings. The third kappa shape index (κ3) is 9.93. The Kier molecular flexibility index (Phi) is 12.0. The predicted molar refractivity (Wildman–Crippen MR) is 186 cm³/mol. The number of alkyl halides is 4. The highest BCUT2D eigenvalue weighted by molar-refractivity contribution is 5.99. The summed E-state index contributed by atoms with van der Waals surface area (Å²) >= 11 is 0. The standard InChI is InChI=1S/C20H21F2N3O2.C19H18F2N4O/c21-18(22)19(27)25-13-16(26)15-11-23-17(24-12-15)10-20(7-4-8-20)9-14-5-2-1-3-6-14;20-16(21)18-25-24-17(26-18)14-11-22-15(23-12-14)10-19(7-4-8-19)9-13-5-2-1-3-6-13/h1-3,5-6,11-12,18H,4,7-10,13H2,(H,25,27);1-3,5-6,11-12,16H,4,7-10H2. The maximum Gasteiger partial charge on any atom is 0.315 e. The van der Waals surface area contributed by atoms with Gasteiger partial charge >= 0.3 is 12.9 Å². The van der Waals surface area contributed by atoms with E-state index in [-0.39, 0.29) is 22.3 Å². The summed E-state index contributed by atoms with van der Waals surface area (Å²) in [5.74, 6) is -1.24. The molecule has 3 aromatic heterocycles. The van der Waals surface area contributed by atoms with Crippen molar-refractivity contribution in [2.75, 3.05) is 6.54 Å². The van der Waals surface area contributed by atoms with Crippen molar-refractivity contribution >= 4 is 11.7 Å². The number of hydrogen-bond donors (Lipinski definition) is 1. The smallest absolute Gasteiger partial charge is 0.315 e. The molecule has 2 aliphatic carbocycles. The summed E-state index contributed by atoms with van der Waals surface area (Å²) < 4.78 is 54.3. The molecule has 10 nitrogen and oxygen atoms in total. The number of nitrogens with one attached hydrogen (secondary N) is 1. The Hall–Kier alpha value is -5.40. The van der Waals surface area contributed by atoms with Crippen LogP contribution in [0.4, 0.5) is 17.6 Å². The quantitative estimate of drug-likeness (QED) is 0.0915. The van der Waals surface area contributed by atoms with Gasteiger partial charge in [-0.15, -0.1) is 10.2 Å². The van der Waals surface area contributed by atoms with Crippen LogP contribution in [-0.4, -0.2) is 54.8 Å². The van der Waals surface area contributed by atoms with E-state index in [4.69, 9.17) is 4.42 Å². The first-order valence-corrected chi connectivity index (χ1v) is 17.5. The highest BCUT2D eigenvalue weighted by Crippen LogP contribution is 2.47. The lowest BCUT2D eigenvalue weighted by atomic mass is 9.63. The van der Waals surface area contributed by atoms with Gasteiger partial charge in [0.15, 0.2) is 5.78 Å². The molecule has 3 heterocycles. The van der Waals surface area contributed by atoms with E-state index in [1.165, 1.54) is 36.4 Å². The van der Waals surface area contributed by atoms with Crippen LogP contribution in [0.25, 0.3) is 11.5 Å². The average Bonchev–Trinajstić information content (AvgIpc) is 3.65. The van der Waals surface area contributed by atoms with Gasteiger partial charge in [-0.2, -0.15) is 17.6 Å². The van der Waals surface area contributed by atoms with Crippen molar-refractivity contribution in [2.24, 2.45) is 10.8 Å². The molecule has 7 rings (SSSR count). The van der Waals surface area contributed by atoms with Crippen molar-refractivity contribution < 1.29 is 31.6 Å². The second kappa shape index (κ2) is 17.0. The van der Waals surface area contributed by atoms with Crippen molar-refractivity contribution in [1.82, 2.24) is 35.5 Å². The number of carbonyl (C=O) groups is 2. The van der Waals surface area contributed by atoms with Crippen molar-refractivity contribution in [2.45, 2.75) is 77.1 Å². The van der Waals surface area contributed by atoms with Crippen molar-refractivity contribution in [3.8, 4) is 11.5 Å². The largest absolute Gasteiger partial charge is 0.415 e. The van der Waals surface area contributed by atoms with E-state index in [1.54, 1.807) is 12.4 Å². The van der Waals surface area contributed by atoms with E-state index in [0.717, 1.165) is 57.2 Å². The molecule has 0 radical (unpaired) electrons. The van der Waals surface area contributed by atoms with Crippen LogP contribution in [0.2, 0.25) is 0 Å². The molecule has 2 aliphatic rings. The Morgan fingerprint density at radius 2 is 1.17 bits per heavy atom. The van der Waals surface area contributed by atoms with Gasteiger partial charge in [-0.3, -0.25) is 9.59 Å². The summed E-state index contributed by atoms with van der Waals surface area (Å²) in [6.45, 7) is -0.496. The van der Waals surface area contributed by atoms with Gasteiger partial charge < -0.3 is 9.73 Å². The van der Waals surface area contributed by atoms with E-state index in [9.17, 15) is 27.2 Å². The van der Waals surface area contributed by atoms with Crippen molar-refractivity contribution in [1.29, 1.82) is 0 Å². The molecule has 0 bridgehead atoms. The number of Topliss-reactive ketones (excluding diaryl/α,β-unsaturated/α-hetero) is 1. The summed E-state index contributed by atoms with van der Waals surface area (Å²) in [7, 11) is 0. The van der Waals surface area contributed by atoms with Crippen LogP contribution in [0.15, 0.2) is 89.9 Å². The number of aromatic nitrogens is 6. The monoisotopic (exact) mass is 729 g/mol. The van der Waals surface area contributed by atoms with Crippen LogP contribution < -0.4 is 5.32 Å². The Morgan fingerprint density at radius 1 is 0.679 bits per heavy atom. The first kappa shape index (κ1) is 37.4. The minimum absolute atomic E-state index is 0.00879. The Labute approximate surface area is 303 Å². The van der Waals surface area contributed by atoms with E-state index >= 15 is 0 Å². The number of ketones is 1. The number of amides is 1. The lowest BCUT2D eigenvalue weighted by Crippen LogP contribution is -2.35. The first-order valence-electron chi connectivity index (χ1n) is 17.5. The second-order valence-electron chi connectivity index (χ2n) is 13.8. The van der Waals surface area contributed by atoms with E-state index in [1.807, 2.05) is 29.6 Å². The number of carbonyl (C=O) groups excluding carboxylic acids is 2. The molecule has 1 amide bonds. The molecular formula is C39H39F4N7O3. The molecule has 5 aromatic rings. The minimum atomic E-state index is -3.14. The fraction of sp³-hybridized carbons (Fsp3) is 0.385. The number of benzene rings is 2. The SMILES string of the molecule is FC(F)c1nnc(-c2cnc(CC3(Cc4ccccc4)CCC3)nc2)o1.O=C(CNC(=O)C(F)F)c1cnc(CC2(Cc3ccccc3)CCC2)nc1. The molecule has 1 N–H and O–H groups in total. The molecule has 0 saturated heterocycles. The highest BCUT2D eigenvalue weighted by atomic mass is 19.3. The Bertz CT molecular complexity index is 1940. The zero-order chi connectivity index (χ0) is 37.3. The van der Waals surface area contributed by atoms with Gasteiger partial charge in [-0.05, 0) is 60.5 Å². The molecule has 0 unspecified atom stereocenters. The molecule has 53 heavy (non-hydrogen) atoms. The summed E-state index contributed by atoms with van der Waals surface area (Å²) in [6, 6.07) is 20.8. The third-order valence-electron chi connectivity index (χ3n) is 9.97. The van der Waals surface area contributed by atoms with Gasteiger partial charge in [-0.25, -0.2) is 19.9 Å². The van der Waals surface area contributed by atoms with Gasteiger partial charge in [0, 0.05) is 37.6 Å². The zero-order valence-corrected chi connectivity index (χ0v) is 28.9. The van der Waals surface area contributed by atoms with Gasteiger partial charge in [0.2, 0.25) is 0 Å². The van der Waals surface area contributed by atoms with Gasteiger partial charge in [-0.1, -0.05) is 73.5 Å². The molecule has 0 spiro atoms. The fourth-order valence-corrected chi connectivity index (χ4v) is 6.85. The number of hydrogen-bond acceptors (Lipinski definition) is 9. The highest BCUT2D eigenvalue weighted by Gasteiger charge is 2.39. The molecular weight excluding hydrogens is 690 g/mol. The van der Waals surface area contributed by atoms with Crippen LogP contribution in [0, 0.1) is 10.8 Å². The molecule has 0 aliphatic heterocycles. The summed E-state index contributed by atoms with van der Waals surface area (Å²) in [6.07, 6.45) is 10.5. The number of halogens is 4. The molecule has 276 valence electrons. The van der Waals surface area contributed by atoms with Crippen molar-refractivity contribution in [3.05, 3.63) is 120 Å². The second-order valence-corrected chi connectivity index (χ2v) is 13.8. The maximum atomic E-state index is 12.5. The summed E-state index contributed by atoms with van der Waals surface area (Å²) in [5, 5.41) is 8.82. The van der Waals surface area contributed by atoms with Crippen LogP contribution in [0.5, 0.6) is 0 Å². The van der Waals surface area contributed by atoms with Gasteiger partial charge in [0.1, 0.15) is 11.6 Å². The van der Waals surface area contributed by atoms with Crippen LogP contribution >= 0.6 is 0 Å². The predicted octanol–water partition coefficient (Wildman–Crippen LogP) is 7.42. The number of rotatable bonds is 14. The lowest BCUT2D eigenvalue weighted by Gasteiger charge is -2.42. The van der Waals surface area contributed by atoms with Crippen LogP contribution in [0.1, 0.15) is 84.0 Å². The summed E-state index contributed by atoms with van der Waals surface area (Å²) in [4.78, 5) is 40.1. The summed E-state index contributed by atoms with van der Waals surface area (Å²) in [5.41, 5.74) is 3.61. The van der Waals surface area contributed by atoms with E-state index in [2.05, 4.69) is 66.5 Å². The molecule has 0 atom stereocenters. The maximum absolute atomic E-state index is 12.5. The lowest BCUT2D eigenvalue weighted by molar-refractivity contribution is -0.131. The Balaban J connectivity index is 0.000000181. The third-order valence-corrected chi connectivity index (χ3v) is 9.97. The molecule has 2 saturated carbocycles. The minimum Gasteiger partial charge on any atom is -0.415 e. The van der Waals surface area contributed by atoms with E-state index < -0.39 is 37.0 Å². The molecule has 2 aromatic carbocycles. The average molecular weight is 730 g/mol. The molecule has 14 heteroatoms.